The molecule has 1 heterocycles. The quantitative estimate of drug-likeness (QED) is 0.554. The van der Waals surface area contributed by atoms with Crippen LogP contribution in [0, 0.1) is 0 Å². The number of hydrogen-bond acceptors (Lipinski definition) is 1. The van der Waals surface area contributed by atoms with Crippen molar-refractivity contribution in [3.05, 3.63) is 70.9 Å². The smallest absolute Gasteiger partial charge is 0.134 e. The van der Waals surface area contributed by atoms with Crippen molar-refractivity contribution in [2.75, 3.05) is 0 Å². The van der Waals surface area contributed by atoms with Gasteiger partial charge in [0.2, 0.25) is 0 Å². The summed E-state index contributed by atoms with van der Waals surface area (Å²) in [6.07, 6.45) is 0.805. The Bertz CT molecular complexity index is 672. The molecule has 3 heteroatoms. The first-order valence-corrected chi connectivity index (χ1v) is 7.39. The molecule has 0 aliphatic rings. The molecule has 0 bridgehead atoms. The Balaban J connectivity index is 1.87. The fourth-order valence-electron chi connectivity index (χ4n) is 2.11. The highest BCUT2D eigenvalue weighted by atomic mass is 79.9. The molecule has 1 aromatic heterocycles. The van der Waals surface area contributed by atoms with Crippen LogP contribution in [0.2, 0.25) is 5.02 Å². The highest BCUT2D eigenvalue weighted by Crippen LogP contribution is 2.33. The first kappa shape index (κ1) is 12.8. The van der Waals surface area contributed by atoms with Gasteiger partial charge in [0.25, 0.3) is 0 Å². The Morgan fingerprint density at radius 1 is 1.05 bits per heavy atom. The minimum atomic E-state index is 0.125. The maximum atomic E-state index is 6.18. The molecule has 0 saturated heterocycles. The van der Waals surface area contributed by atoms with Crippen LogP contribution in [0.4, 0.5) is 0 Å². The zero-order chi connectivity index (χ0) is 13.2. The molecule has 1 nitrogen and oxygen atoms in total. The molecule has 0 radical (unpaired) electrons. The Morgan fingerprint density at radius 2 is 1.79 bits per heavy atom. The minimum Gasteiger partial charge on any atom is -0.460 e. The molecule has 19 heavy (non-hydrogen) atoms. The van der Waals surface area contributed by atoms with Crippen LogP contribution >= 0.6 is 27.5 Å². The van der Waals surface area contributed by atoms with Crippen molar-refractivity contribution in [1.29, 1.82) is 0 Å². The molecule has 3 aromatic rings. The van der Waals surface area contributed by atoms with Gasteiger partial charge in [0.05, 0.1) is 4.83 Å². The second-order valence-corrected chi connectivity index (χ2v) is 5.96. The van der Waals surface area contributed by atoms with E-state index < -0.39 is 0 Å². The van der Waals surface area contributed by atoms with Gasteiger partial charge >= 0.3 is 0 Å². The molecule has 0 aliphatic carbocycles. The Hall–Kier alpha value is -1.25. The minimum absolute atomic E-state index is 0.125. The third-order valence-electron chi connectivity index (χ3n) is 3.11. The van der Waals surface area contributed by atoms with Gasteiger partial charge in [0, 0.05) is 10.4 Å². The molecule has 0 spiro atoms. The predicted octanol–water partition coefficient (Wildman–Crippen LogP) is 5.76. The van der Waals surface area contributed by atoms with E-state index in [9.17, 15) is 0 Å². The molecule has 0 N–H and O–H groups in total. The molecular formula is C16H12BrClO. The summed E-state index contributed by atoms with van der Waals surface area (Å²) >= 11 is 9.87. The van der Waals surface area contributed by atoms with Gasteiger partial charge in [-0.2, -0.15) is 0 Å². The summed E-state index contributed by atoms with van der Waals surface area (Å²) in [7, 11) is 0. The first-order chi connectivity index (χ1) is 9.24. The lowest BCUT2D eigenvalue weighted by atomic mass is 10.1. The molecule has 0 saturated carbocycles. The van der Waals surface area contributed by atoms with Crippen molar-refractivity contribution < 1.29 is 4.42 Å². The van der Waals surface area contributed by atoms with Crippen molar-refractivity contribution in [2.45, 2.75) is 11.2 Å². The summed E-state index contributed by atoms with van der Waals surface area (Å²) in [5, 5.41) is 1.92. The highest BCUT2D eigenvalue weighted by molar-refractivity contribution is 9.09. The number of fused-ring (bicyclic) bond motifs is 1. The van der Waals surface area contributed by atoms with Crippen LogP contribution in [0.1, 0.15) is 16.2 Å². The molecule has 1 unspecified atom stereocenters. The second kappa shape index (κ2) is 5.40. The third kappa shape index (κ3) is 2.70. The maximum Gasteiger partial charge on any atom is 0.134 e. The van der Waals surface area contributed by atoms with Crippen LogP contribution in [-0.2, 0) is 6.42 Å². The van der Waals surface area contributed by atoms with E-state index in [-0.39, 0.29) is 4.83 Å². The van der Waals surface area contributed by atoms with Gasteiger partial charge in [0.1, 0.15) is 11.3 Å². The summed E-state index contributed by atoms with van der Waals surface area (Å²) in [5.41, 5.74) is 2.03. The van der Waals surface area contributed by atoms with Crippen LogP contribution in [0.5, 0.6) is 0 Å². The van der Waals surface area contributed by atoms with Crippen molar-refractivity contribution >= 4 is 38.5 Å². The summed E-state index contributed by atoms with van der Waals surface area (Å²) in [5.74, 6) is 0.932. The molecule has 0 aliphatic heterocycles. The molecular weight excluding hydrogens is 324 g/mol. The lowest BCUT2D eigenvalue weighted by molar-refractivity contribution is 0.545. The normalized spacial score (nSPS) is 12.7. The van der Waals surface area contributed by atoms with Gasteiger partial charge in [-0.25, -0.2) is 0 Å². The van der Waals surface area contributed by atoms with Crippen LogP contribution in [0.25, 0.3) is 11.0 Å². The van der Waals surface area contributed by atoms with E-state index in [0.29, 0.717) is 0 Å². The summed E-state index contributed by atoms with van der Waals surface area (Å²) in [6, 6.07) is 18.0. The van der Waals surface area contributed by atoms with Gasteiger partial charge in [-0.3, -0.25) is 0 Å². The number of hydrogen-bond donors (Lipinski definition) is 0. The van der Waals surface area contributed by atoms with Crippen molar-refractivity contribution in [3.8, 4) is 0 Å². The summed E-state index contributed by atoms with van der Waals surface area (Å²) in [4.78, 5) is 0.125. The number of para-hydroxylation sites is 1. The van der Waals surface area contributed by atoms with E-state index in [1.54, 1.807) is 0 Å². The van der Waals surface area contributed by atoms with E-state index >= 15 is 0 Å². The van der Waals surface area contributed by atoms with Gasteiger partial charge in [-0.1, -0.05) is 63.9 Å². The molecule has 3 rings (SSSR count). The Labute approximate surface area is 125 Å². The van der Waals surface area contributed by atoms with Crippen molar-refractivity contribution in [1.82, 2.24) is 0 Å². The number of alkyl halides is 1. The fraction of sp³-hybridized carbons (Fsp3) is 0.125. The molecule has 0 amide bonds. The molecule has 2 aromatic carbocycles. The summed E-state index contributed by atoms with van der Waals surface area (Å²) < 4.78 is 5.85. The fourth-order valence-corrected chi connectivity index (χ4v) is 2.90. The molecule has 96 valence electrons. The SMILES string of the molecule is Clc1ccccc1CC(Br)c1cc2ccccc2o1. The van der Waals surface area contributed by atoms with Crippen LogP contribution < -0.4 is 0 Å². The van der Waals surface area contributed by atoms with E-state index in [4.69, 9.17) is 16.0 Å². The number of furan rings is 1. The Kier molecular flexibility index (Phi) is 3.63. The zero-order valence-electron chi connectivity index (χ0n) is 10.1. The highest BCUT2D eigenvalue weighted by Gasteiger charge is 2.15. The van der Waals surface area contributed by atoms with E-state index in [2.05, 4.69) is 28.1 Å². The van der Waals surface area contributed by atoms with Crippen LogP contribution in [0.15, 0.2) is 59.0 Å². The monoisotopic (exact) mass is 334 g/mol. The van der Waals surface area contributed by atoms with Crippen molar-refractivity contribution in [3.63, 3.8) is 0 Å². The van der Waals surface area contributed by atoms with Crippen molar-refractivity contribution in [2.24, 2.45) is 0 Å². The average molecular weight is 336 g/mol. The second-order valence-electron chi connectivity index (χ2n) is 4.45. The maximum absolute atomic E-state index is 6.18. The van der Waals surface area contributed by atoms with Crippen LogP contribution in [-0.4, -0.2) is 0 Å². The van der Waals surface area contributed by atoms with Gasteiger partial charge < -0.3 is 4.42 Å². The summed E-state index contributed by atoms with van der Waals surface area (Å²) in [6.45, 7) is 0. The Morgan fingerprint density at radius 3 is 2.58 bits per heavy atom. The average Bonchev–Trinajstić information content (AvgIpc) is 2.85. The van der Waals surface area contributed by atoms with E-state index in [1.165, 1.54) is 0 Å². The molecule has 1 atom stereocenters. The number of rotatable bonds is 3. The van der Waals surface area contributed by atoms with Gasteiger partial charge in [-0.05, 0) is 30.2 Å². The number of halogens is 2. The zero-order valence-corrected chi connectivity index (χ0v) is 12.5. The van der Waals surface area contributed by atoms with Gasteiger partial charge in [0.15, 0.2) is 0 Å². The first-order valence-electron chi connectivity index (χ1n) is 6.10. The van der Waals surface area contributed by atoms with Crippen LogP contribution in [0.3, 0.4) is 0 Å². The lowest BCUT2D eigenvalue weighted by Gasteiger charge is -2.08. The van der Waals surface area contributed by atoms with E-state index in [0.717, 1.165) is 33.7 Å². The predicted molar refractivity (Wildman–Crippen MR) is 83.0 cm³/mol. The largest absolute Gasteiger partial charge is 0.460 e. The molecule has 0 fully saturated rings. The third-order valence-corrected chi connectivity index (χ3v) is 4.25. The number of benzene rings is 2. The standard InChI is InChI=1S/C16H12BrClO/c17-13(9-11-5-1-3-7-14(11)18)16-10-12-6-2-4-8-15(12)19-16/h1-8,10,13H,9H2. The topological polar surface area (TPSA) is 13.1 Å². The van der Waals surface area contributed by atoms with E-state index in [1.807, 2.05) is 42.5 Å². The lowest BCUT2D eigenvalue weighted by Crippen LogP contribution is -1.94. The van der Waals surface area contributed by atoms with Gasteiger partial charge in [-0.15, -0.1) is 0 Å².